The molecule has 1 atom stereocenters. The van der Waals surface area contributed by atoms with Crippen LogP contribution in [0, 0.1) is 5.92 Å². The number of aromatic nitrogens is 4. The third-order valence-corrected chi connectivity index (χ3v) is 3.79. The molecule has 0 aliphatic rings. The van der Waals surface area contributed by atoms with Crippen molar-refractivity contribution in [3.8, 4) is 0 Å². The second-order valence-electron chi connectivity index (χ2n) is 5.84. The molecule has 2 aromatic heterocycles. The smallest absolute Gasteiger partial charge is 0.225 e. The van der Waals surface area contributed by atoms with Crippen molar-refractivity contribution in [2.45, 2.75) is 33.1 Å². The molecule has 0 spiro atoms. The molecule has 2 aromatic rings. The summed E-state index contributed by atoms with van der Waals surface area (Å²) in [6, 6.07) is 0. The van der Waals surface area contributed by atoms with Crippen molar-refractivity contribution < 1.29 is 5.11 Å². The van der Waals surface area contributed by atoms with Gasteiger partial charge in [-0.1, -0.05) is 13.8 Å². The third kappa shape index (κ3) is 4.19. The number of rotatable bonds is 9. The Hall–Kier alpha value is -2.22. The first-order valence-corrected chi connectivity index (χ1v) is 8.41. The number of aliphatic hydroxyl groups is 1. The van der Waals surface area contributed by atoms with E-state index in [1.807, 2.05) is 6.92 Å². The second-order valence-corrected chi connectivity index (χ2v) is 5.84. The fourth-order valence-corrected chi connectivity index (χ4v) is 2.31. The van der Waals surface area contributed by atoms with Crippen LogP contribution in [0.2, 0.25) is 0 Å². The molecule has 0 aliphatic carbocycles. The first-order valence-electron chi connectivity index (χ1n) is 8.41. The molecular weight excluding hydrogens is 306 g/mol. The van der Waals surface area contributed by atoms with Gasteiger partial charge < -0.3 is 21.1 Å². The lowest BCUT2D eigenvalue weighted by molar-refractivity contribution is 0.230. The monoisotopic (exact) mass is 333 g/mol. The van der Waals surface area contributed by atoms with Gasteiger partial charge in [-0.3, -0.25) is 0 Å². The van der Waals surface area contributed by atoms with Gasteiger partial charge in [0.25, 0.3) is 0 Å². The number of nitrogens with one attached hydrogen (secondary N) is 3. The Bertz CT molecular complexity index is 677. The number of anilines is 3. The highest BCUT2D eigenvalue weighted by Gasteiger charge is 2.16. The van der Waals surface area contributed by atoms with Crippen molar-refractivity contribution in [1.82, 2.24) is 19.9 Å². The molecule has 132 valence electrons. The van der Waals surface area contributed by atoms with E-state index in [4.69, 9.17) is 0 Å². The Morgan fingerprint density at radius 3 is 2.29 bits per heavy atom. The van der Waals surface area contributed by atoms with Crippen molar-refractivity contribution in [1.29, 1.82) is 0 Å². The lowest BCUT2D eigenvalue weighted by Gasteiger charge is -2.14. The van der Waals surface area contributed by atoms with Gasteiger partial charge in [-0.2, -0.15) is 4.98 Å². The Balaban J connectivity index is 2.53. The Kier molecular flexibility index (Phi) is 6.48. The highest BCUT2D eigenvalue weighted by molar-refractivity contribution is 5.88. The van der Waals surface area contributed by atoms with Crippen LogP contribution in [0.15, 0.2) is 0 Å². The summed E-state index contributed by atoms with van der Waals surface area (Å²) in [5, 5.41) is 18.6. The molecule has 0 fully saturated rings. The van der Waals surface area contributed by atoms with Gasteiger partial charge >= 0.3 is 0 Å². The Morgan fingerprint density at radius 2 is 1.67 bits per heavy atom. The van der Waals surface area contributed by atoms with Gasteiger partial charge in [-0.05, 0) is 25.2 Å². The summed E-state index contributed by atoms with van der Waals surface area (Å²) in [6.45, 7) is 5.10. The topological polar surface area (TPSA) is 108 Å². The molecule has 0 saturated carbocycles. The molecule has 0 radical (unpaired) electrons. The highest BCUT2D eigenvalue weighted by Crippen LogP contribution is 2.25. The summed E-state index contributed by atoms with van der Waals surface area (Å²) >= 11 is 0. The maximum absolute atomic E-state index is 9.26. The first kappa shape index (κ1) is 18.1. The van der Waals surface area contributed by atoms with Crippen LogP contribution in [-0.4, -0.2) is 52.3 Å². The largest absolute Gasteiger partial charge is 0.396 e. The van der Waals surface area contributed by atoms with Crippen LogP contribution in [0.25, 0.3) is 11.0 Å². The molecular formula is C16H27N7O. The molecule has 24 heavy (non-hydrogen) atoms. The van der Waals surface area contributed by atoms with Crippen molar-refractivity contribution in [2.75, 3.05) is 43.2 Å². The van der Waals surface area contributed by atoms with Crippen molar-refractivity contribution in [3.05, 3.63) is 5.69 Å². The van der Waals surface area contributed by atoms with Crippen LogP contribution in [0.4, 0.5) is 17.7 Å². The highest BCUT2D eigenvalue weighted by atomic mass is 16.3. The molecule has 4 N–H and O–H groups in total. The summed E-state index contributed by atoms with van der Waals surface area (Å²) < 4.78 is 0. The van der Waals surface area contributed by atoms with E-state index in [1.165, 1.54) is 0 Å². The van der Waals surface area contributed by atoms with Gasteiger partial charge in [0.05, 0.1) is 5.69 Å². The van der Waals surface area contributed by atoms with E-state index >= 15 is 0 Å². The zero-order chi connectivity index (χ0) is 17.5. The molecule has 1 unspecified atom stereocenters. The van der Waals surface area contributed by atoms with Crippen LogP contribution in [0.3, 0.4) is 0 Å². The first-order chi connectivity index (χ1) is 11.6. The van der Waals surface area contributed by atoms with Crippen LogP contribution < -0.4 is 16.0 Å². The van der Waals surface area contributed by atoms with Crippen LogP contribution in [0.1, 0.15) is 32.4 Å². The normalized spacial score (nSPS) is 12.2. The van der Waals surface area contributed by atoms with Crippen LogP contribution in [0.5, 0.6) is 0 Å². The van der Waals surface area contributed by atoms with E-state index < -0.39 is 0 Å². The molecule has 8 heteroatoms. The fraction of sp³-hybridized carbons (Fsp3) is 0.625. The molecule has 0 aliphatic heterocycles. The summed E-state index contributed by atoms with van der Waals surface area (Å²) in [5.41, 5.74) is 2.33. The van der Waals surface area contributed by atoms with Crippen molar-refractivity contribution in [3.63, 3.8) is 0 Å². The Labute approximate surface area is 142 Å². The SMILES string of the molecule is CCCNc1nc(NC)nc2c(CCC(C)CO)nc(NC)nc12. The molecule has 2 rings (SSSR count). The number of aryl methyl sites for hydroxylation is 1. The number of nitrogens with zero attached hydrogens (tertiary/aromatic N) is 4. The second kappa shape index (κ2) is 8.58. The molecule has 2 heterocycles. The minimum absolute atomic E-state index is 0.169. The lowest BCUT2D eigenvalue weighted by atomic mass is 10.0. The van der Waals surface area contributed by atoms with Gasteiger partial charge in [-0.25, -0.2) is 15.0 Å². The predicted molar refractivity (Wildman–Crippen MR) is 97.6 cm³/mol. The number of aliphatic hydroxyl groups excluding tert-OH is 1. The van der Waals surface area contributed by atoms with E-state index in [-0.39, 0.29) is 12.5 Å². The number of fused-ring (bicyclic) bond motifs is 1. The third-order valence-electron chi connectivity index (χ3n) is 3.79. The van der Waals surface area contributed by atoms with Crippen molar-refractivity contribution in [2.24, 2.45) is 5.92 Å². The van der Waals surface area contributed by atoms with Gasteiger partial charge in [-0.15, -0.1) is 0 Å². The summed E-state index contributed by atoms with van der Waals surface area (Å²) in [4.78, 5) is 18.2. The van der Waals surface area contributed by atoms with E-state index in [2.05, 4.69) is 42.8 Å². The van der Waals surface area contributed by atoms with E-state index in [1.54, 1.807) is 14.1 Å². The molecule has 8 nitrogen and oxygen atoms in total. The summed E-state index contributed by atoms with van der Waals surface area (Å²) in [6.07, 6.45) is 2.55. The van der Waals surface area contributed by atoms with Crippen molar-refractivity contribution >= 4 is 28.7 Å². The van der Waals surface area contributed by atoms with Gasteiger partial charge in [0, 0.05) is 27.2 Å². The average molecular weight is 333 g/mol. The molecule has 0 saturated heterocycles. The summed E-state index contributed by atoms with van der Waals surface area (Å²) in [7, 11) is 3.59. The standard InChI is InChI=1S/C16H27N7O/c1-5-8-19-14-13-12(21-16(18-4)23-14)11(7-6-10(2)9-24)20-15(17-3)22-13/h10,24H,5-9H2,1-4H3,(H,17,20,22)(H2,18,19,21,23). The number of hydrogen-bond donors (Lipinski definition) is 4. The van der Waals surface area contributed by atoms with E-state index in [0.29, 0.717) is 23.2 Å². The average Bonchev–Trinajstić information content (AvgIpc) is 2.63. The lowest BCUT2D eigenvalue weighted by Crippen LogP contribution is -2.11. The minimum Gasteiger partial charge on any atom is -0.396 e. The van der Waals surface area contributed by atoms with Gasteiger partial charge in [0.2, 0.25) is 11.9 Å². The van der Waals surface area contributed by atoms with E-state index in [9.17, 15) is 5.11 Å². The Morgan fingerprint density at radius 1 is 1.00 bits per heavy atom. The van der Waals surface area contributed by atoms with Gasteiger partial charge in [0.15, 0.2) is 5.82 Å². The maximum atomic E-state index is 9.26. The minimum atomic E-state index is 0.169. The van der Waals surface area contributed by atoms with E-state index in [0.717, 1.165) is 37.0 Å². The van der Waals surface area contributed by atoms with Gasteiger partial charge in [0.1, 0.15) is 11.0 Å². The summed E-state index contributed by atoms with van der Waals surface area (Å²) in [5.74, 6) is 2.02. The zero-order valence-electron chi connectivity index (χ0n) is 14.8. The fourth-order valence-electron chi connectivity index (χ4n) is 2.31. The van der Waals surface area contributed by atoms with Crippen LogP contribution >= 0.6 is 0 Å². The molecule has 0 bridgehead atoms. The quantitative estimate of drug-likeness (QED) is 0.551. The predicted octanol–water partition coefficient (Wildman–Crippen LogP) is 1.89. The number of hydrogen-bond acceptors (Lipinski definition) is 8. The maximum Gasteiger partial charge on any atom is 0.225 e. The molecule has 0 aromatic carbocycles. The molecule has 0 amide bonds. The zero-order valence-corrected chi connectivity index (χ0v) is 14.8. The van der Waals surface area contributed by atoms with Crippen LogP contribution in [-0.2, 0) is 6.42 Å².